The molecule has 3 nitrogen and oxygen atoms in total. The first-order chi connectivity index (χ1) is 4.27. The van der Waals surface area contributed by atoms with Gasteiger partial charge in [-0.2, -0.15) is 5.10 Å². The van der Waals surface area contributed by atoms with Crippen LogP contribution in [-0.4, -0.2) is 32.1 Å². The van der Waals surface area contributed by atoms with Crippen LogP contribution in [0.5, 0.6) is 0 Å². The van der Waals surface area contributed by atoms with Gasteiger partial charge in [-0.05, 0) is 0 Å². The first kappa shape index (κ1) is 11.0. The Morgan fingerprint density at radius 1 is 1.33 bits per heavy atom. The first-order valence-corrected chi connectivity index (χ1v) is 2.93. The molecule has 0 aliphatic heterocycles. The highest BCUT2D eigenvalue weighted by atomic mass is 15.2. The van der Waals surface area contributed by atoms with Crippen LogP contribution in [0.25, 0.3) is 0 Å². The van der Waals surface area contributed by atoms with E-state index in [9.17, 15) is 0 Å². The minimum Gasteiger partial charge on any atom is -0.367 e. The third-order valence-corrected chi connectivity index (χ3v) is 0.364. The smallest absolute Gasteiger partial charge is 0.113 e. The molecule has 0 aromatic carbocycles. The van der Waals surface area contributed by atoms with Gasteiger partial charge in [0.1, 0.15) is 6.34 Å². The zero-order valence-electron chi connectivity index (χ0n) is 6.63. The lowest BCUT2D eigenvalue weighted by Gasteiger charge is -1.97. The fourth-order valence-electron chi connectivity index (χ4n) is 0.140. The van der Waals surface area contributed by atoms with Gasteiger partial charge in [0.25, 0.3) is 0 Å². The Bertz CT molecular complexity index is 76.4. The molecule has 0 unspecified atom stereocenters. The van der Waals surface area contributed by atoms with Crippen LogP contribution in [0.3, 0.4) is 0 Å². The molecular weight excluding hydrogens is 114 g/mol. The van der Waals surface area contributed by atoms with Crippen LogP contribution in [0.4, 0.5) is 0 Å². The quantitative estimate of drug-likeness (QED) is 0.313. The number of nitrogens with zero attached hydrogens (tertiary/aromatic N) is 3. The van der Waals surface area contributed by atoms with Gasteiger partial charge in [-0.1, -0.05) is 13.8 Å². The van der Waals surface area contributed by atoms with Crippen molar-refractivity contribution in [3.63, 3.8) is 0 Å². The Morgan fingerprint density at radius 2 is 1.78 bits per heavy atom. The van der Waals surface area contributed by atoms with Crippen molar-refractivity contribution < 1.29 is 0 Å². The Hall–Kier alpha value is -0.860. The maximum absolute atomic E-state index is 3.49. The maximum atomic E-state index is 3.49. The van der Waals surface area contributed by atoms with Crippen molar-refractivity contribution in [1.29, 1.82) is 0 Å². The topological polar surface area (TPSA) is 28.0 Å². The van der Waals surface area contributed by atoms with E-state index in [1.807, 2.05) is 27.9 Å². The van der Waals surface area contributed by atoms with Gasteiger partial charge in [-0.15, -0.1) is 5.10 Å². The van der Waals surface area contributed by atoms with Gasteiger partial charge in [-0.25, -0.2) is 0 Å². The highest BCUT2D eigenvalue weighted by molar-refractivity contribution is 5.53. The average molecular weight is 129 g/mol. The van der Waals surface area contributed by atoms with Gasteiger partial charge in [-0.3, -0.25) is 0 Å². The van der Waals surface area contributed by atoms with Crippen LogP contribution in [0.1, 0.15) is 13.8 Å². The largest absolute Gasteiger partial charge is 0.367 e. The Balaban J connectivity index is 0. The Kier molecular flexibility index (Phi) is 12.5. The molecule has 0 rings (SSSR count). The minimum absolute atomic E-state index is 1.58. The molecule has 0 atom stereocenters. The maximum Gasteiger partial charge on any atom is 0.113 e. The first-order valence-electron chi connectivity index (χ1n) is 2.93. The summed E-state index contributed by atoms with van der Waals surface area (Å²) in [5.74, 6) is 0. The second kappa shape index (κ2) is 10.2. The molecule has 9 heavy (non-hydrogen) atoms. The molecule has 0 aliphatic carbocycles. The molecular formula is C6H15N3. The van der Waals surface area contributed by atoms with Gasteiger partial charge in [0.2, 0.25) is 0 Å². The standard InChI is InChI=1S/C4H9N3.C2H6/c1-5-6-4-7(2)3;1-2/h4H,1H2,2-3H3;1-2H3/b6-4-;. The SMILES string of the molecule is C=N/N=C\N(C)C.CC. The predicted molar refractivity (Wildman–Crippen MR) is 43.1 cm³/mol. The van der Waals surface area contributed by atoms with E-state index in [0.717, 1.165) is 0 Å². The predicted octanol–water partition coefficient (Wildman–Crippen LogP) is 1.22. The molecule has 0 aromatic heterocycles. The summed E-state index contributed by atoms with van der Waals surface area (Å²) in [5.41, 5.74) is 0. The van der Waals surface area contributed by atoms with E-state index in [2.05, 4.69) is 16.9 Å². The second-order valence-corrected chi connectivity index (χ2v) is 1.34. The molecule has 0 fully saturated rings. The van der Waals surface area contributed by atoms with Crippen molar-refractivity contribution in [2.75, 3.05) is 14.1 Å². The molecule has 0 N–H and O–H groups in total. The molecule has 3 heteroatoms. The van der Waals surface area contributed by atoms with Crippen molar-refractivity contribution in [2.24, 2.45) is 10.2 Å². The van der Waals surface area contributed by atoms with E-state index in [1.165, 1.54) is 0 Å². The molecule has 0 aliphatic rings. The van der Waals surface area contributed by atoms with Crippen LogP contribution in [0.2, 0.25) is 0 Å². The second-order valence-electron chi connectivity index (χ2n) is 1.34. The Labute approximate surface area is 57.1 Å². The zero-order chi connectivity index (χ0) is 7.70. The molecule has 0 heterocycles. The van der Waals surface area contributed by atoms with Gasteiger partial charge in [0, 0.05) is 20.8 Å². The van der Waals surface area contributed by atoms with Gasteiger partial charge in [0.05, 0.1) is 0 Å². The lowest BCUT2D eigenvalue weighted by atomic mass is 11.0. The van der Waals surface area contributed by atoms with Gasteiger partial charge < -0.3 is 4.90 Å². The fourth-order valence-corrected chi connectivity index (χ4v) is 0.140. The van der Waals surface area contributed by atoms with E-state index in [1.54, 1.807) is 11.2 Å². The molecule has 0 saturated carbocycles. The monoisotopic (exact) mass is 129 g/mol. The van der Waals surface area contributed by atoms with E-state index in [4.69, 9.17) is 0 Å². The van der Waals surface area contributed by atoms with Crippen LogP contribution >= 0.6 is 0 Å². The molecule has 0 bridgehead atoms. The van der Waals surface area contributed by atoms with Crippen LogP contribution in [0, 0.1) is 0 Å². The van der Waals surface area contributed by atoms with Gasteiger partial charge >= 0.3 is 0 Å². The molecule has 0 aromatic rings. The van der Waals surface area contributed by atoms with Crippen molar-refractivity contribution in [1.82, 2.24) is 4.90 Å². The third kappa shape index (κ3) is 19.1. The van der Waals surface area contributed by atoms with Crippen LogP contribution in [0.15, 0.2) is 10.2 Å². The minimum atomic E-state index is 1.58. The van der Waals surface area contributed by atoms with Crippen LogP contribution in [-0.2, 0) is 0 Å². The molecule has 54 valence electrons. The highest BCUT2D eigenvalue weighted by Crippen LogP contribution is 1.65. The molecule has 0 radical (unpaired) electrons. The summed E-state index contributed by atoms with van der Waals surface area (Å²) >= 11 is 0. The lowest BCUT2D eigenvalue weighted by Crippen LogP contribution is -2.06. The summed E-state index contributed by atoms with van der Waals surface area (Å²) < 4.78 is 0. The fraction of sp³-hybridized carbons (Fsp3) is 0.667. The number of hydrogen-bond acceptors (Lipinski definition) is 2. The Morgan fingerprint density at radius 3 is 1.89 bits per heavy atom. The summed E-state index contributed by atoms with van der Waals surface area (Å²) in [6.45, 7) is 7.16. The lowest BCUT2D eigenvalue weighted by molar-refractivity contribution is 0.640. The summed E-state index contributed by atoms with van der Waals surface area (Å²) in [4.78, 5) is 1.79. The van der Waals surface area contributed by atoms with Crippen molar-refractivity contribution in [3.05, 3.63) is 0 Å². The average Bonchev–Trinajstić information content (AvgIpc) is 1.88. The zero-order valence-corrected chi connectivity index (χ0v) is 6.63. The number of rotatable bonds is 2. The third-order valence-electron chi connectivity index (χ3n) is 0.364. The number of hydrogen-bond donors (Lipinski definition) is 0. The summed E-state index contributed by atoms with van der Waals surface area (Å²) in [7, 11) is 3.74. The van der Waals surface area contributed by atoms with E-state index in [0.29, 0.717) is 0 Å². The summed E-state index contributed by atoms with van der Waals surface area (Å²) in [5, 5.41) is 6.74. The van der Waals surface area contributed by atoms with Crippen molar-refractivity contribution in [3.8, 4) is 0 Å². The van der Waals surface area contributed by atoms with E-state index in [-0.39, 0.29) is 0 Å². The van der Waals surface area contributed by atoms with E-state index >= 15 is 0 Å². The van der Waals surface area contributed by atoms with Gasteiger partial charge in [0.15, 0.2) is 0 Å². The van der Waals surface area contributed by atoms with Crippen molar-refractivity contribution >= 4 is 13.1 Å². The molecule has 0 amide bonds. The van der Waals surface area contributed by atoms with E-state index < -0.39 is 0 Å². The molecule has 0 spiro atoms. The molecule has 0 saturated heterocycles. The summed E-state index contributed by atoms with van der Waals surface area (Å²) in [6.07, 6.45) is 1.58. The van der Waals surface area contributed by atoms with Crippen LogP contribution < -0.4 is 0 Å². The normalized spacial score (nSPS) is 8.00. The van der Waals surface area contributed by atoms with Crippen molar-refractivity contribution in [2.45, 2.75) is 13.8 Å². The summed E-state index contributed by atoms with van der Waals surface area (Å²) in [6, 6.07) is 0. The highest BCUT2D eigenvalue weighted by Gasteiger charge is 1.69.